The molecule has 6 nitrogen and oxygen atoms in total. The number of H-pyrrole nitrogens is 1. The summed E-state index contributed by atoms with van der Waals surface area (Å²) in [6.45, 7) is 0.296. The number of rotatable bonds is 4. The second-order valence-corrected chi connectivity index (χ2v) is 7.12. The molecule has 0 aliphatic carbocycles. The summed E-state index contributed by atoms with van der Waals surface area (Å²) in [7, 11) is -2.86. The number of hydrogen-bond donors (Lipinski definition) is 3. The number of aromatic amines is 1. The first-order chi connectivity index (χ1) is 8.96. The van der Waals surface area contributed by atoms with E-state index in [9.17, 15) is 18.3 Å². The van der Waals surface area contributed by atoms with Gasteiger partial charge in [-0.15, -0.1) is 0 Å². The summed E-state index contributed by atoms with van der Waals surface area (Å²) in [6.07, 6.45) is 0.341. The van der Waals surface area contributed by atoms with Crippen molar-refractivity contribution in [1.29, 1.82) is 0 Å². The van der Waals surface area contributed by atoms with Crippen molar-refractivity contribution in [3.8, 4) is 0 Å². The van der Waals surface area contributed by atoms with E-state index in [0.29, 0.717) is 25.1 Å². The van der Waals surface area contributed by atoms with E-state index in [4.69, 9.17) is 0 Å². The minimum atomic E-state index is -2.86. The Morgan fingerprint density at radius 3 is 2.68 bits per heavy atom. The van der Waals surface area contributed by atoms with Gasteiger partial charge in [-0.3, -0.25) is 4.79 Å². The number of nitrogens with one attached hydrogen (secondary N) is 2. The average molecular weight is 286 g/mol. The Bertz CT molecular complexity index is 567. The molecule has 1 aromatic heterocycles. The molecule has 2 rings (SSSR count). The van der Waals surface area contributed by atoms with E-state index in [-0.39, 0.29) is 23.1 Å². The average Bonchev–Trinajstić information content (AvgIpc) is 2.37. The van der Waals surface area contributed by atoms with Gasteiger partial charge in [-0.2, -0.15) is 0 Å². The smallest absolute Gasteiger partial charge is 0.248 e. The number of pyridine rings is 1. The molecule has 7 heteroatoms. The van der Waals surface area contributed by atoms with Crippen LogP contribution in [0.25, 0.3) is 0 Å². The lowest BCUT2D eigenvalue weighted by Crippen LogP contribution is -2.39. The van der Waals surface area contributed by atoms with Crippen LogP contribution < -0.4 is 10.9 Å². The fourth-order valence-corrected chi connectivity index (χ4v) is 3.63. The maximum atomic E-state index is 11.3. The van der Waals surface area contributed by atoms with Crippen LogP contribution in [0.1, 0.15) is 24.6 Å². The van der Waals surface area contributed by atoms with E-state index in [1.165, 1.54) is 6.07 Å². The van der Waals surface area contributed by atoms with E-state index in [1.807, 2.05) is 0 Å². The largest absolute Gasteiger partial charge is 0.386 e. The molecule has 1 aliphatic heterocycles. The topological polar surface area (TPSA) is 99.3 Å². The highest BCUT2D eigenvalue weighted by molar-refractivity contribution is 7.91. The highest BCUT2D eigenvalue weighted by Gasteiger charge is 2.23. The van der Waals surface area contributed by atoms with Crippen LogP contribution in [-0.2, 0) is 9.84 Å². The first-order valence-corrected chi connectivity index (χ1v) is 8.09. The van der Waals surface area contributed by atoms with Gasteiger partial charge < -0.3 is 15.4 Å². The van der Waals surface area contributed by atoms with E-state index in [0.717, 1.165) is 0 Å². The van der Waals surface area contributed by atoms with Crippen LogP contribution in [0.4, 0.5) is 0 Å². The maximum absolute atomic E-state index is 11.3. The molecule has 0 bridgehead atoms. The van der Waals surface area contributed by atoms with E-state index in [2.05, 4.69) is 10.3 Å². The van der Waals surface area contributed by atoms with Gasteiger partial charge in [0, 0.05) is 24.3 Å². The fourth-order valence-electron chi connectivity index (χ4n) is 2.14. The van der Waals surface area contributed by atoms with Crippen LogP contribution in [0.3, 0.4) is 0 Å². The molecule has 1 aliphatic rings. The number of aromatic nitrogens is 1. The predicted molar refractivity (Wildman–Crippen MR) is 71.7 cm³/mol. The monoisotopic (exact) mass is 286 g/mol. The summed E-state index contributed by atoms with van der Waals surface area (Å²) < 4.78 is 22.6. The second kappa shape index (κ2) is 5.85. The van der Waals surface area contributed by atoms with Crippen LogP contribution in [0.15, 0.2) is 23.0 Å². The Hall–Kier alpha value is -1.18. The number of sulfone groups is 1. The van der Waals surface area contributed by atoms with E-state index in [1.54, 1.807) is 12.1 Å². The summed E-state index contributed by atoms with van der Waals surface area (Å²) in [6, 6.07) is 4.73. The van der Waals surface area contributed by atoms with Crippen molar-refractivity contribution in [1.82, 2.24) is 10.3 Å². The molecule has 1 unspecified atom stereocenters. The van der Waals surface area contributed by atoms with Crippen molar-refractivity contribution in [2.24, 2.45) is 0 Å². The van der Waals surface area contributed by atoms with Crippen molar-refractivity contribution in [2.75, 3.05) is 18.1 Å². The van der Waals surface area contributed by atoms with Crippen LogP contribution in [0.2, 0.25) is 0 Å². The molecule has 1 aromatic rings. The normalized spacial score (nSPS) is 21.1. The lowest BCUT2D eigenvalue weighted by molar-refractivity contribution is 0.164. The van der Waals surface area contributed by atoms with Crippen molar-refractivity contribution >= 4 is 9.84 Å². The third kappa shape index (κ3) is 4.15. The van der Waals surface area contributed by atoms with Crippen molar-refractivity contribution in [2.45, 2.75) is 25.0 Å². The molecule has 0 saturated carbocycles. The van der Waals surface area contributed by atoms with Gasteiger partial charge in [0.15, 0.2) is 0 Å². The van der Waals surface area contributed by atoms with Crippen LogP contribution in [0.5, 0.6) is 0 Å². The number of hydrogen-bond acceptors (Lipinski definition) is 5. The van der Waals surface area contributed by atoms with Gasteiger partial charge in [0.05, 0.1) is 11.5 Å². The van der Waals surface area contributed by atoms with Gasteiger partial charge >= 0.3 is 0 Å². The minimum absolute atomic E-state index is 0.105. The summed E-state index contributed by atoms with van der Waals surface area (Å²) in [5.74, 6) is 0.395. The summed E-state index contributed by atoms with van der Waals surface area (Å²) in [5.41, 5.74) is 0.212. The van der Waals surface area contributed by atoms with Gasteiger partial charge in [-0.05, 0) is 18.9 Å². The first-order valence-electron chi connectivity index (χ1n) is 6.27. The van der Waals surface area contributed by atoms with Gasteiger partial charge in [0.25, 0.3) is 0 Å². The summed E-state index contributed by atoms with van der Waals surface area (Å²) in [4.78, 5) is 13.7. The maximum Gasteiger partial charge on any atom is 0.248 e. The molecular formula is C12H18N2O4S. The molecule has 0 amide bonds. The van der Waals surface area contributed by atoms with Crippen LogP contribution in [-0.4, -0.2) is 42.6 Å². The zero-order chi connectivity index (χ0) is 13.9. The van der Waals surface area contributed by atoms with Gasteiger partial charge in [-0.25, -0.2) is 8.42 Å². The lowest BCUT2D eigenvalue weighted by Gasteiger charge is -2.24. The zero-order valence-corrected chi connectivity index (χ0v) is 11.3. The molecule has 3 N–H and O–H groups in total. The van der Waals surface area contributed by atoms with E-state index >= 15 is 0 Å². The van der Waals surface area contributed by atoms with Crippen LogP contribution >= 0.6 is 0 Å². The molecular weight excluding hydrogens is 268 g/mol. The number of aliphatic hydroxyl groups is 1. The zero-order valence-electron chi connectivity index (χ0n) is 10.5. The molecule has 19 heavy (non-hydrogen) atoms. The highest BCUT2D eigenvalue weighted by Crippen LogP contribution is 2.13. The third-order valence-electron chi connectivity index (χ3n) is 3.30. The van der Waals surface area contributed by atoms with Crippen molar-refractivity contribution in [3.63, 3.8) is 0 Å². The molecule has 0 radical (unpaired) electrons. The molecule has 1 saturated heterocycles. The third-order valence-corrected chi connectivity index (χ3v) is 5.02. The quantitative estimate of drug-likeness (QED) is 0.698. The molecule has 0 spiro atoms. The molecule has 106 valence electrons. The molecule has 1 fully saturated rings. The minimum Gasteiger partial charge on any atom is -0.386 e. The van der Waals surface area contributed by atoms with Gasteiger partial charge in [-0.1, -0.05) is 6.07 Å². The SMILES string of the molecule is O=c1cccc(C(O)CNC2CCS(=O)(=O)CC2)[nH]1. The standard InChI is InChI=1S/C12H18N2O4S/c15-11(10-2-1-3-12(16)14-10)8-13-9-4-6-19(17,18)7-5-9/h1-3,9,11,13,15H,4-8H2,(H,14,16). The highest BCUT2D eigenvalue weighted by atomic mass is 32.2. The summed E-state index contributed by atoms with van der Waals surface area (Å²) >= 11 is 0. The van der Waals surface area contributed by atoms with Crippen LogP contribution in [0, 0.1) is 0 Å². The molecule has 0 aromatic carbocycles. The van der Waals surface area contributed by atoms with E-state index < -0.39 is 15.9 Å². The Kier molecular flexibility index (Phi) is 4.38. The Morgan fingerprint density at radius 2 is 2.05 bits per heavy atom. The lowest BCUT2D eigenvalue weighted by atomic mass is 10.1. The summed E-state index contributed by atoms with van der Waals surface area (Å²) in [5, 5.41) is 13.1. The predicted octanol–water partition coefficient (Wildman–Crippen LogP) is -0.425. The van der Waals surface area contributed by atoms with Gasteiger partial charge in [0.2, 0.25) is 5.56 Å². The Labute approximate surface area is 111 Å². The van der Waals surface area contributed by atoms with Gasteiger partial charge in [0.1, 0.15) is 15.9 Å². The second-order valence-electron chi connectivity index (χ2n) is 4.82. The Balaban J connectivity index is 1.84. The fraction of sp³-hybridized carbons (Fsp3) is 0.583. The van der Waals surface area contributed by atoms with Crippen molar-refractivity contribution < 1.29 is 13.5 Å². The molecule has 2 heterocycles. The molecule has 1 atom stereocenters. The van der Waals surface area contributed by atoms with Crippen molar-refractivity contribution in [3.05, 3.63) is 34.2 Å². The first kappa shape index (κ1) is 14.2. The number of aliphatic hydroxyl groups excluding tert-OH is 1. The Morgan fingerprint density at radius 1 is 1.37 bits per heavy atom.